The van der Waals surface area contributed by atoms with Gasteiger partial charge in [0.1, 0.15) is 5.82 Å². The Morgan fingerprint density at radius 3 is 2.88 bits per heavy atom. The first-order chi connectivity index (χ1) is 7.65. The number of halogens is 1. The Hall–Kier alpha value is -0.810. The van der Waals surface area contributed by atoms with Crippen molar-refractivity contribution in [2.45, 2.75) is 19.3 Å². The maximum absolute atomic E-state index is 8.96. The Kier molecular flexibility index (Phi) is 3.35. The Morgan fingerprint density at radius 2 is 2.31 bits per heavy atom. The van der Waals surface area contributed by atoms with E-state index in [0.717, 1.165) is 23.3 Å². The first-order valence-electron chi connectivity index (χ1n) is 5.41. The van der Waals surface area contributed by atoms with Crippen molar-refractivity contribution in [3.63, 3.8) is 0 Å². The average molecular weight is 286 g/mol. The van der Waals surface area contributed by atoms with Gasteiger partial charge in [-0.05, 0) is 46.7 Å². The Morgan fingerprint density at radius 1 is 1.56 bits per heavy atom. The van der Waals surface area contributed by atoms with E-state index in [0.29, 0.717) is 5.69 Å². The third-order valence-electron chi connectivity index (χ3n) is 3.09. The van der Waals surface area contributed by atoms with Crippen molar-refractivity contribution in [2.75, 3.05) is 24.2 Å². The summed E-state index contributed by atoms with van der Waals surface area (Å²) in [4.78, 5) is 4.22. The molecule has 5 heteroatoms. The molecule has 0 unspecified atom stereocenters. The SMILES string of the molecule is Nc1cnc(NCC2(CCO)CC2)c(Br)c1. The third-order valence-corrected chi connectivity index (χ3v) is 3.70. The van der Waals surface area contributed by atoms with Crippen LogP contribution in [0.25, 0.3) is 0 Å². The highest BCUT2D eigenvalue weighted by atomic mass is 79.9. The van der Waals surface area contributed by atoms with Gasteiger partial charge in [-0.1, -0.05) is 0 Å². The first-order valence-corrected chi connectivity index (χ1v) is 6.20. The Bertz CT molecular complexity index is 379. The molecule has 1 aliphatic carbocycles. The molecule has 0 bridgehead atoms. The molecule has 0 spiro atoms. The summed E-state index contributed by atoms with van der Waals surface area (Å²) in [6.45, 7) is 1.13. The predicted molar refractivity (Wildman–Crippen MR) is 68.2 cm³/mol. The Balaban J connectivity index is 1.94. The van der Waals surface area contributed by atoms with E-state index in [1.165, 1.54) is 12.8 Å². The van der Waals surface area contributed by atoms with Crippen LogP contribution in [0.4, 0.5) is 11.5 Å². The highest BCUT2D eigenvalue weighted by Gasteiger charge is 2.41. The van der Waals surface area contributed by atoms with Crippen LogP contribution in [0.3, 0.4) is 0 Å². The number of anilines is 2. The number of nitrogen functional groups attached to an aromatic ring is 1. The molecule has 0 aliphatic heterocycles. The molecule has 1 saturated carbocycles. The molecule has 1 aromatic heterocycles. The number of hydrogen-bond donors (Lipinski definition) is 3. The van der Waals surface area contributed by atoms with Crippen LogP contribution in [0.2, 0.25) is 0 Å². The summed E-state index contributed by atoms with van der Waals surface area (Å²) < 4.78 is 0.882. The summed E-state index contributed by atoms with van der Waals surface area (Å²) in [5, 5.41) is 12.3. The van der Waals surface area contributed by atoms with Crippen LogP contribution in [-0.4, -0.2) is 23.2 Å². The van der Waals surface area contributed by atoms with Gasteiger partial charge in [-0.15, -0.1) is 0 Å². The molecule has 88 valence electrons. The molecule has 1 fully saturated rings. The fourth-order valence-electron chi connectivity index (χ4n) is 1.78. The molecule has 0 radical (unpaired) electrons. The molecule has 16 heavy (non-hydrogen) atoms. The summed E-state index contributed by atoms with van der Waals surface area (Å²) in [6, 6.07) is 1.83. The normalized spacial score (nSPS) is 17.1. The van der Waals surface area contributed by atoms with E-state index in [1.807, 2.05) is 6.07 Å². The lowest BCUT2D eigenvalue weighted by atomic mass is 10.0. The minimum absolute atomic E-state index is 0.262. The summed E-state index contributed by atoms with van der Waals surface area (Å²) >= 11 is 3.42. The number of aromatic nitrogens is 1. The van der Waals surface area contributed by atoms with E-state index >= 15 is 0 Å². The molecule has 4 nitrogen and oxygen atoms in total. The van der Waals surface area contributed by atoms with Crippen molar-refractivity contribution in [1.29, 1.82) is 0 Å². The van der Waals surface area contributed by atoms with Gasteiger partial charge in [-0.3, -0.25) is 0 Å². The van der Waals surface area contributed by atoms with E-state index in [1.54, 1.807) is 6.20 Å². The Labute approximate surface area is 103 Å². The largest absolute Gasteiger partial charge is 0.397 e. The molecular formula is C11H16BrN3O. The van der Waals surface area contributed by atoms with Gasteiger partial charge in [0.15, 0.2) is 0 Å². The molecule has 0 saturated heterocycles. The maximum Gasteiger partial charge on any atom is 0.140 e. The van der Waals surface area contributed by atoms with Gasteiger partial charge in [-0.25, -0.2) is 4.98 Å². The van der Waals surface area contributed by atoms with Gasteiger partial charge in [0.05, 0.1) is 16.4 Å². The van der Waals surface area contributed by atoms with Gasteiger partial charge in [0.2, 0.25) is 0 Å². The zero-order chi connectivity index (χ0) is 11.6. The lowest BCUT2D eigenvalue weighted by molar-refractivity contribution is 0.253. The van der Waals surface area contributed by atoms with Gasteiger partial charge in [0.25, 0.3) is 0 Å². The van der Waals surface area contributed by atoms with Gasteiger partial charge >= 0.3 is 0 Å². The van der Waals surface area contributed by atoms with Crippen LogP contribution < -0.4 is 11.1 Å². The van der Waals surface area contributed by atoms with Crippen LogP contribution >= 0.6 is 15.9 Å². The van der Waals surface area contributed by atoms with Gasteiger partial charge in [-0.2, -0.15) is 0 Å². The van der Waals surface area contributed by atoms with Crippen LogP contribution in [0, 0.1) is 5.41 Å². The second-order valence-corrected chi connectivity index (χ2v) is 5.28. The van der Waals surface area contributed by atoms with Crippen molar-refractivity contribution in [2.24, 2.45) is 5.41 Å². The van der Waals surface area contributed by atoms with Crippen molar-refractivity contribution < 1.29 is 5.11 Å². The number of hydrogen-bond acceptors (Lipinski definition) is 4. The maximum atomic E-state index is 8.96. The second-order valence-electron chi connectivity index (χ2n) is 4.43. The predicted octanol–water partition coefficient (Wildman–Crippen LogP) is 2.00. The fourth-order valence-corrected chi connectivity index (χ4v) is 2.29. The van der Waals surface area contributed by atoms with Crippen molar-refractivity contribution in [1.82, 2.24) is 4.98 Å². The molecule has 0 amide bonds. The topological polar surface area (TPSA) is 71.2 Å². The molecule has 2 rings (SSSR count). The minimum atomic E-state index is 0.262. The van der Waals surface area contributed by atoms with Crippen LogP contribution in [-0.2, 0) is 0 Å². The number of aliphatic hydroxyl groups is 1. The van der Waals surface area contributed by atoms with Crippen molar-refractivity contribution >= 4 is 27.4 Å². The van der Waals surface area contributed by atoms with Gasteiger partial charge in [0, 0.05) is 13.2 Å². The van der Waals surface area contributed by atoms with Crippen LogP contribution in [0.15, 0.2) is 16.7 Å². The van der Waals surface area contributed by atoms with Crippen molar-refractivity contribution in [3.05, 3.63) is 16.7 Å². The summed E-state index contributed by atoms with van der Waals surface area (Å²) in [5.41, 5.74) is 6.55. The summed E-state index contributed by atoms with van der Waals surface area (Å²) in [7, 11) is 0. The second kappa shape index (κ2) is 4.59. The van der Waals surface area contributed by atoms with E-state index in [2.05, 4.69) is 26.2 Å². The fraction of sp³-hybridized carbons (Fsp3) is 0.545. The van der Waals surface area contributed by atoms with E-state index in [4.69, 9.17) is 10.8 Å². The molecular weight excluding hydrogens is 270 g/mol. The quantitative estimate of drug-likeness (QED) is 0.774. The molecule has 1 aromatic rings. The lowest BCUT2D eigenvalue weighted by Gasteiger charge is -2.15. The summed E-state index contributed by atoms with van der Waals surface area (Å²) in [6.07, 6.45) is 4.88. The number of pyridine rings is 1. The molecule has 0 atom stereocenters. The van der Waals surface area contributed by atoms with Gasteiger partial charge < -0.3 is 16.2 Å². The zero-order valence-electron chi connectivity index (χ0n) is 9.04. The lowest BCUT2D eigenvalue weighted by Crippen LogP contribution is -2.17. The van der Waals surface area contributed by atoms with Crippen LogP contribution in [0.1, 0.15) is 19.3 Å². The smallest absolute Gasteiger partial charge is 0.140 e. The molecule has 1 heterocycles. The molecule has 0 aromatic carbocycles. The number of nitrogens with one attached hydrogen (secondary N) is 1. The third kappa shape index (κ3) is 2.65. The standard InChI is InChI=1S/C11H16BrN3O/c12-9-5-8(13)6-14-10(9)15-7-11(1-2-11)3-4-16/h5-6,16H,1-4,7,13H2,(H,14,15). The van der Waals surface area contributed by atoms with E-state index < -0.39 is 0 Å². The van der Waals surface area contributed by atoms with Crippen molar-refractivity contribution in [3.8, 4) is 0 Å². The highest BCUT2D eigenvalue weighted by Crippen LogP contribution is 2.48. The average Bonchev–Trinajstić information content (AvgIpc) is 2.98. The number of aliphatic hydroxyl groups excluding tert-OH is 1. The van der Waals surface area contributed by atoms with E-state index in [9.17, 15) is 0 Å². The number of nitrogens with zero attached hydrogens (tertiary/aromatic N) is 1. The summed E-state index contributed by atoms with van der Waals surface area (Å²) in [5.74, 6) is 0.818. The molecule has 4 N–H and O–H groups in total. The molecule has 1 aliphatic rings. The first kappa shape index (κ1) is 11.7. The minimum Gasteiger partial charge on any atom is -0.397 e. The number of rotatable bonds is 5. The number of nitrogens with two attached hydrogens (primary N) is 1. The zero-order valence-corrected chi connectivity index (χ0v) is 10.6. The van der Waals surface area contributed by atoms with E-state index in [-0.39, 0.29) is 12.0 Å². The highest BCUT2D eigenvalue weighted by molar-refractivity contribution is 9.10. The van der Waals surface area contributed by atoms with Crippen LogP contribution in [0.5, 0.6) is 0 Å². The monoisotopic (exact) mass is 285 g/mol.